The van der Waals surface area contributed by atoms with E-state index in [1.54, 1.807) is 0 Å². The molecule has 0 aromatic carbocycles. The molecular weight excluding hydrogens is 184 g/mol. The van der Waals surface area contributed by atoms with Gasteiger partial charge in [0, 0.05) is 6.54 Å². The van der Waals surface area contributed by atoms with Crippen LogP contribution in [-0.2, 0) is 0 Å². The van der Waals surface area contributed by atoms with E-state index in [1.165, 1.54) is 25.7 Å². The van der Waals surface area contributed by atoms with Gasteiger partial charge in [-0.05, 0) is 43.2 Å². The van der Waals surface area contributed by atoms with Gasteiger partial charge < -0.3 is 11.1 Å². The zero-order valence-corrected chi connectivity index (χ0v) is 10.7. The second kappa shape index (κ2) is 5.86. The van der Waals surface area contributed by atoms with Crippen LogP contribution in [0.4, 0.5) is 0 Å². The van der Waals surface area contributed by atoms with E-state index in [2.05, 4.69) is 26.1 Å². The SMILES string of the molecule is CC(C)CNCC1(CN)CCC(C)CC1. The Hall–Kier alpha value is -0.0800. The fourth-order valence-electron chi connectivity index (χ4n) is 2.45. The lowest BCUT2D eigenvalue weighted by Gasteiger charge is -2.39. The molecule has 1 rings (SSSR count). The van der Waals surface area contributed by atoms with Crippen molar-refractivity contribution in [1.29, 1.82) is 0 Å². The molecule has 0 saturated heterocycles. The number of nitrogens with one attached hydrogen (secondary N) is 1. The van der Waals surface area contributed by atoms with Crippen LogP contribution in [0.5, 0.6) is 0 Å². The highest BCUT2D eigenvalue weighted by molar-refractivity contribution is 4.87. The Labute approximate surface area is 95.0 Å². The lowest BCUT2D eigenvalue weighted by atomic mass is 9.71. The minimum atomic E-state index is 0.404. The number of rotatable bonds is 5. The van der Waals surface area contributed by atoms with Gasteiger partial charge >= 0.3 is 0 Å². The third-order valence-corrected chi connectivity index (χ3v) is 3.82. The van der Waals surface area contributed by atoms with Gasteiger partial charge in [-0.3, -0.25) is 0 Å². The molecule has 1 saturated carbocycles. The maximum absolute atomic E-state index is 5.96. The van der Waals surface area contributed by atoms with E-state index in [0.29, 0.717) is 5.41 Å². The third kappa shape index (κ3) is 4.12. The van der Waals surface area contributed by atoms with Gasteiger partial charge in [0.2, 0.25) is 0 Å². The standard InChI is InChI=1S/C13H28N2/c1-11(2)8-15-10-13(9-14)6-4-12(3)5-7-13/h11-12,15H,4-10,14H2,1-3H3. The highest BCUT2D eigenvalue weighted by Gasteiger charge is 2.32. The van der Waals surface area contributed by atoms with Gasteiger partial charge in [0.25, 0.3) is 0 Å². The molecule has 1 aliphatic rings. The fraction of sp³-hybridized carbons (Fsp3) is 1.00. The maximum Gasteiger partial charge on any atom is 0.00200 e. The van der Waals surface area contributed by atoms with Crippen molar-refractivity contribution in [3.63, 3.8) is 0 Å². The largest absolute Gasteiger partial charge is 0.330 e. The predicted molar refractivity (Wildman–Crippen MR) is 66.8 cm³/mol. The third-order valence-electron chi connectivity index (χ3n) is 3.82. The first-order valence-corrected chi connectivity index (χ1v) is 6.49. The van der Waals surface area contributed by atoms with Gasteiger partial charge in [-0.25, -0.2) is 0 Å². The summed E-state index contributed by atoms with van der Waals surface area (Å²) in [6.45, 7) is 9.97. The smallest absolute Gasteiger partial charge is 0.00200 e. The molecule has 3 N–H and O–H groups in total. The first-order valence-electron chi connectivity index (χ1n) is 6.49. The molecule has 0 aromatic rings. The minimum absolute atomic E-state index is 0.404. The van der Waals surface area contributed by atoms with Crippen molar-refractivity contribution < 1.29 is 0 Å². The van der Waals surface area contributed by atoms with Gasteiger partial charge in [0.1, 0.15) is 0 Å². The lowest BCUT2D eigenvalue weighted by Crippen LogP contribution is -2.43. The van der Waals surface area contributed by atoms with E-state index >= 15 is 0 Å². The van der Waals surface area contributed by atoms with Crippen molar-refractivity contribution in [3.8, 4) is 0 Å². The summed E-state index contributed by atoms with van der Waals surface area (Å²) in [7, 11) is 0. The Balaban J connectivity index is 2.33. The van der Waals surface area contributed by atoms with Crippen molar-refractivity contribution >= 4 is 0 Å². The molecule has 0 heterocycles. The van der Waals surface area contributed by atoms with Gasteiger partial charge in [-0.15, -0.1) is 0 Å². The van der Waals surface area contributed by atoms with Gasteiger partial charge in [0.15, 0.2) is 0 Å². The molecule has 1 fully saturated rings. The summed E-state index contributed by atoms with van der Waals surface area (Å²) in [6, 6.07) is 0. The monoisotopic (exact) mass is 212 g/mol. The highest BCUT2D eigenvalue weighted by Crippen LogP contribution is 2.37. The second-order valence-corrected chi connectivity index (χ2v) is 5.91. The van der Waals surface area contributed by atoms with Crippen LogP contribution >= 0.6 is 0 Å². The molecule has 0 amide bonds. The van der Waals surface area contributed by atoms with Crippen molar-refractivity contribution in [3.05, 3.63) is 0 Å². The molecule has 0 unspecified atom stereocenters. The van der Waals surface area contributed by atoms with Crippen molar-refractivity contribution in [1.82, 2.24) is 5.32 Å². The van der Waals surface area contributed by atoms with Crippen LogP contribution in [0.25, 0.3) is 0 Å². The van der Waals surface area contributed by atoms with Crippen molar-refractivity contribution in [2.75, 3.05) is 19.6 Å². The van der Waals surface area contributed by atoms with Crippen LogP contribution in [0.15, 0.2) is 0 Å². The van der Waals surface area contributed by atoms with Crippen molar-refractivity contribution in [2.45, 2.75) is 46.5 Å². The summed E-state index contributed by atoms with van der Waals surface area (Å²) in [5, 5.41) is 3.58. The van der Waals surface area contributed by atoms with Gasteiger partial charge in [-0.1, -0.05) is 33.6 Å². The fourth-order valence-corrected chi connectivity index (χ4v) is 2.45. The van der Waals surface area contributed by atoms with E-state index in [1.807, 2.05) is 0 Å². The Morgan fingerprint density at radius 1 is 1.33 bits per heavy atom. The van der Waals surface area contributed by atoms with Crippen LogP contribution in [0.2, 0.25) is 0 Å². The Morgan fingerprint density at radius 3 is 2.40 bits per heavy atom. The Bertz CT molecular complexity index is 169. The molecule has 0 aromatic heterocycles. The molecule has 0 spiro atoms. The summed E-state index contributed by atoms with van der Waals surface area (Å²) in [6.07, 6.45) is 5.35. The molecule has 0 aliphatic heterocycles. The second-order valence-electron chi connectivity index (χ2n) is 5.91. The Morgan fingerprint density at radius 2 is 1.93 bits per heavy atom. The molecule has 0 bridgehead atoms. The van der Waals surface area contributed by atoms with Crippen molar-refractivity contribution in [2.24, 2.45) is 23.0 Å². The normalized spacial score (nSPS) is 32.2. The quantitative estimate of drug-likeness (QED) is 0.734. The van der Waals surface area contributed by atoms with Crippen LogP contribution in [0, 0.1) is 17.3 Å². The predicted octanol–water partition coefficient (Wildman–Crippen LogP) is 2.39. The zero-order valence-electron chi connectivity index (χ0n) is 10.7. The average molecular weight is 212 g/mol. The first-order chi connectivity index (χ1) is 7.08. The van der Waals surface area contributed by atoms with E-state index in [-0.39, 0.29) is 0 Å². The molecule has 0 atom stereocenters. The van der Waals surface area contributed by atoms with E-state index in [0.717, 1.165) is 31.5 Å². The number of hydrogen-bond donors (Lipinski definition) is 2. The summed E-state index contributed by atoms with van der Waals surface area (Å²) >= 11 is 0. The first kappa shape index (κ1) is 13.0. The lowest BCUT2D eigenvalue weighted by molar-refractivity contribution is 0.158. The summed E-state index contributed by atoms with van der Waals surface area (Å²) in [5.74, 6) is 1.65. The summed E-state index contributed by atoms with van der Waals surface area (Å²) in [5.41, 5.74) is 6.36. The topological polar surface area (TPSA) is 38.0 Å². The molecular formula is C13H28N2. The van der Waals surface area contributed by atoms with Crippen LogP contribution in [0.3, 0.4) is 0 Å². The Kier molecular flexibility index (Phi) is 5.07. The van der Waals surface area contributed by atoms with Crippen LogP contribution < -0.4 is 11.1 Å². The van der Waals surface area contributed by atoms with Gasteiger partial charge in [0.05, 0.1) is 0 Å². The number of hydrogen-bond acceptors (Lipinski definition) is 2. The molecule has 0 radical (unpaired) electrons. The maximum atomic E-state index is 5.96. The average Bonchev–Trinajstić information content (AvgIpc) is 2.21. The number of nitrogens with two attached hydrogens (primary N) is 1. The van der Waals surface area contributed by atoms with E-state index in [9.17, 15) is 0 Å². The molecule has 15 heavy (non-hydrogen) atoms. The minimum Gasteiger partial charge on any atom is -0.330 e. The molecule has 1 aliphatic carbocycles. The zero-order chi connectivity index (χ0) is 11.3. The van der Waals surface area contributed by atoms with Gasteiger partial charge in [-0.2, -0.15) is 0 Å². The van der Waals surface area contributed by atoms with E-state index in [4.69, 9.17) is 5.73 Å². The summed E-state index contributed by atoms with van der Waals surface area (Å²) < 4.78 is 0. The molecule has 2 nitrogen and oxygen atoms in total. The summed E-state index contributed by atoms with van der Waals surface area (Å²) in [4.78, 5) is 0. The van der Waals surface area contributed by atoms with Crippen LogP contribution in [0.1, 0.15) is 46.5 Å². The highest BCUT2D eigenvalue weighted by atomic mass is 14.9. The van der Waals surface area contributed by atoms with Crippen LogP contribution in [-0.4, -0.2) is 19.6 Å². The van der Waals surface area contributed by atoms with E-state index < -0.39 is 0 Å². The molecule has 90 valence electrons. The molecule has 2 heteroatoms.